The molecule has 6 heteroatoms. The van der Waals surface area contributed by atoms with E-state index in [4.69, 9.17) is 4.74 Å². The van der Waals surface area contributed by atoms with E-state index in [-0.39, 0.29) is 30.3 Å². The van der Waals surface area contributed by atoms with Gasteiger partial charge in [-0.1, -0.05) is 44.1 Å². The Morgan fingerprint density at radius 2 is 2.15 bits per heavy atom. The number of esters is 1. The summed E-state index contributed by atoms with van der Waals surface area (Å²) in [6, 6.07) is 0. The second-order valence-electron chi connectivity index (χ2n) is 7.48. The lowest BCUT2D eigenvalue weighted by Gasteiger charge is -2.18. The summed E-state index contributed by atoms with van der Waals surface area (Å²) in [6.45, 7) is 1.98. The molecule has 4 nitrogen and oxygen atoms in total. The molecule has 0 amide bonds. The molecule has 0 aromatic carbocycles. The second-order valence-corrected chi connectivity index (χ2v) is 7.48. The number of halogens is 2. The Kier molecular flexibility index (Phi) is 8.90. The van der Waals surface area contributed by atoms with Crippen LogP contribution in [0.2, 0.25) is 0 Å². The predicted molar refractivity (Wildman–Crippen MR) is 99.7 cm³/mol. The van der Waals surface area contributed by atoms with Gasteiger partial charge in [-0.05, 0) is 31.6 Å². The molecule has 1 N–H and O–H groups in total. The van der Waals surface area contributed by atoms with Crippen LogP contribution in [0.15, 0.2) is 24.3 Å². The lowest BCUT2D eigenvalue weighted by Crippen LogP contribution is -2.25. The van der Waals surface area contributed by atoms with Gasteiger partial charge in [0.2, 0.25) is 0 Å². The van der Waals surface area contributed by atoms with E-state index >= 15 is 0 Å². The molecule has 7 atom stereocenters. The van der Waals surface area contributed by atoms with E-state index < -0.39 is 24.6 Å². The number of aliphatic hydroxyl groups is 1. The van der Waals surface area contributed by atoms with Gasteiger partial charge in [0.15, 0.2) is 0 Å². The van der Waals surface area contributed by atoms with E-state index in [0.717, 1.165) is 25.7 Å². The molecule has 0 aromatic heterocycles. The minimum absolute atomic E-state index is 0.0495. The number of unbranched alkanes of at least 4 members (excludes halogenated alkanes) is 1. The molecule has 0 aromatic rings. The highest BCUT2D eigenvalue weighted by Gasteiger charge is 2.50. The molecule has 2 unspecified atom stereocenters. The molecule has 1 heterocycles. The molecular formula is C21H32F2O4. The van der Waals surface area contributed by atoms with Crippen LogP contribution >= 0.6 is 0 Å². The fourth-order valence-electron chi connectivity index (χ4n) is 3.97. The fourth-order valence-corrected chi connectivity index (χ4v) is 3.97. The summed E-state index contributed by atoms with van der Waals surface area (Å²) in [6.07, 6.45) is 6.64. The van der Waals surface area contributed by atoms with Gasteiger partial charge in [-0.3, -0.25) is 4.79 Å². The Bertz CT molecular complexity index is 522. The van der Waals surface area contributed by atoms with Gasteiger partial charge < -0.3 is 14.6 Å². The number of aliphatic hydroxyl groups excluding tert-OH is 1. The Labute approximate surface area is 160 Å². The molecule has 0 radical (unpaired) electrons. The van der Waals surface area contributed by atoms with Crippen molar-refractivity contribution in [1.29, 1.82) is 0 Å². The summed E-state index contributed by atoms with van der Waals surface area (Å²) >= 11 is 0. The number of carbonyl (C=O) groups excluding carboxylic acids is 1. The molecule has 2 aliphatic rings. The number of ether oxygens (including phenoxy) is 2. The first-order valence-corrected chi connectivity index (χ1v) is 10.0. The SMILES string of the molecule is CCCC[C@@H](F)[C@H](O)/C=C/[C@H]1CC[C@@H]2OC(/C=C/CCC(=O)OC)C(F)[C@@H]21. The number of allylic oxidation sites excluding steroid dienone is 2. The van der Waals surface area contributed by atoms with Gasteiger partial charge in [-0.15, -0.1) is 0 Å². The van der Waals surface area contributed by atoms with Gasteiger partial charge in [0.1, 0.15) is 24.6 Å². The summed E-state index contributed by atoms with van der Waals surface area (Å²) in [5.41, 5.74) is 0. The van der Waals surface area contributed by atoms with Crippen molar-refractivity contribution in [3.05, 3.63) is 24.3 Å². The molecule has 1 aliphatic carbocycles. The maximum absolute atomic E-state index is 14.9. The quantitative estimate of drug-likeness (QED) is 0.454. The largest absolute Gasteiger partial charge is 0.469 e. The first-order valence-electron chi connectivity index (χ1n) is 10.0. The van der Waals surface area contributed by atoms with Crippen LogP contribution in [0.1, 0.15) is 51.9 Å². The third-order valence-corrected chi connectivity index (χ3v) is 5.55. The van der Waals surface area contributed by atoms with Gasteiger partial charge in [0.05, 0.1) is 13.2 Å². The van der Waals surface area contributed by atoms with Crippen LogP contribution in [-0.4, -0.2) is 48.8 Å². The molecule has 27 heavy (non-hydrogen) atoms. The number of hydrogen-bond acceptors (Lipinski definition) is 4. The molecule has 2 rings (SSSR count). The standard InChI is InChI=1S/C21H32F2O4/c1-3-4-7-15(22)16(24)12-10-14-11-13-17-20(14)21(23)18(27-17)8-5-6-9-19(25)26-2/h5,8,10,12,14-18,20-21,24H,3-4,6-7,9,11,13H2,1-2H3/b8-5+,12-10+/t14-,15+,16+,17-,18?,20+,21?/m0/s1. The topological polar surface area (TPSA) is 55.8 Å². The van der Waals surface area contributed by atoms with Crippen LogP contribution in [-0.2, 0) is 14.3 Å². The molecule has 1 saturated carbocycles. The monoisotopic (exact) mass is 386 g/mol. The Balaban J connectivity index is 1.86. The normalized spacial score (nSPS) is 32.9. The maximum atomic E-state index is 14.9. The Morgan fingerprint density at radius 1 is 1.37 bits per heavy atom. The van der Waals surface area contributed by atoms with Crippen LogP contribution in [0.4, 0.5) is 8.78 Å². The van der Waals surface area contributed by atoms with Gasteiger partial charge in [-0.2, -0.15) is 0 Å². The van der Waals surface area contributed by atoms with Crippen molar-refractivity contribution in [2.24, 2.45) is 11.8 Å². The van der Waals surface area contributed by atoms with Crippen molar-refractivity contribution in [1.82, 2.24) is 0 Å². The van der Waals surface area contributed by atoms with Crippen LogP contribution < -0.4 is 0 Å². The van der Waals surface area contributed by atoms with E-state index in [2.05, 4.69) is 4.74 Å². The predicted octanol–water partition coefficient (Wildman–Crippen LogP) is 4.07. The average molecular weight is 386 g/mol. The molecule has 0 bridgehead atoms. The first-order chi connectivity index (χ1) is 13.0. The smallest absolute Gasteiger partial charge is 0.305 e. The maximum Gasteiger partial charge on any atom is 0.305 e. The molecule has 154 valence electrons. The minimum Gasteiger partial charge on any atom is -0.469 e. The van der Waals surface area contributed by atoms with Crippen LogP contribution in [0.25, 0.3) is 0 Å². The molecule has 2 fully saturated rings. The van der Waals surface area contributed by atoms with E-state index in [0.29, 0.717) is 12.8 Å². The summed E-state index contributed by atoms with van der Waals surface area (Å²) in [4.78, 5) is 11.1. The number of methoxy groups -OCH3 is 1. The zero-order chi connectivity index (χ0) is 19.8. The zero-order valence-corrected chi connectivity index (χ0v) is 16.2. The Morgan fingerprint density at radius 3 is 2.85 bits per heavy atom. The lowest BCUT2D eigenvalue weighted by atomic mass is 9.89. The fraction of sp³-hybridized carbons (Fsp3) is 0.762. The highest BCUT2D eigenvalue weighted by molar-refractivity contribution is 5.69. The minimum atomic E-state index is -1.27. The molecule has 0 spiro atoms. The number of carbonyl (C=O) groups is 1. The van der Waals surface area contributed by atoms with Gasteiger partial charge in [0, 0.05) is 12.3 Å². The average Bonchev–Trinajstić information content (AvgIpc) is 3.21. The van der Waals surface area contributed by atoms with Gasteiger partial charge in [-0.25, -0.2) is 8.78 Å². The van der Waals surface area contributed by atoms with Crippen LogP contribution in [0.3, 0.4) is 0 Å². The number of hydrogen-bond donors (Lipinski definition) is 1. The van der Waals surface area contributed by atoms with Crippen LogP contribution in [0, 0.1) is 11.8 Å². The third kappa shape index (κ3) is 6.11. The van der Waals surface area contributed by atoms with Gasteiger partial charge in [0.25, 0.3) is 0 Å². The van der Waals surface area contributed by atoms with Crippen molar-refractivity contribution in [3.63, 3.8) is 0 Å². The van der Waals surface area contributed by atoms with E-state index in [1.807, 2.05) is 6.92 Å². The van der Waals surface area contributed by atoms with Gasteiger partial charge >= 0.3 is 5.97 Å². The van der Waals surface area contributed by atoms with Crippen molar-refractivity contribution in [3.8, 4) is 0 Å². The van der Waals surface area contributed by atoms with Crippen molar-refractivity contribution in [2.75, 3.05) is 7.11 Å². The highest BCUT2D eigenvalue weighted by atomic mass is 19.1. The summed E-state index contributed by atoms with van der Waals surface area (Å²) in [7, 11) is 1.34. The van der Waals surface area contributed by atoms with Crippen molar-refractivity contribution >= 4 is 5.97 Å². The van der Waals surface area contributed by atoms with E-state index in [1.165, 1.54) is 13.2 Å². The van der Waals surface area contributed by atoms with Crippen molar-refractivity contribution in [2.45, 2.75) is 82.5 Å². The van der Waals surface area contributed by atoms with E-state index in [9.17, 15) is 18.7 Å². The molecule has 1 aliphatic heterocycles. The lowest BCUT2D eigenvalue weighted by molar-refractivity contribution is -0.140. The molecule has 1 saturated heterocycles. The summed E-state index contributed by atoms with van der Waals surface area (Å²) in [5, 5.41) is 9.94. The third-order valence-electron chi connectivity index (χ3n) is 5.55. The summed E-state index contributed by atoms with van der Waals surface area (Å²) in [5.74, 6) is -0.613. The molecular weight excluding hydrogens is 354 g/mol. The second kappa shape index (κ2) is 10.9. The highest BCUT2D eigenvalue weighted by Crippen LogP contribution is 2.45. The van der Waals surface area contributed by atoms with E-state index in [1.54, 1.807) is 18.2 Å². The van der Waals surface area contributed by atoms with Crippen molar-refractivity contribution < 1.29 is 28.2 Å². The Hall–Kier alpha value is -1.27. The number of rotatable bonds is 10. The first kappa shape index (κ1) is 22.0. The van der Waals surface area contributed by atoms with Crippen LogP contribution in [0.5, 0.6) is 0 Å². The summed E-state index contributed by atoms with van der Waals surface area (Å²) < 4.78 is 39.1. The zero-order valence-electron chi connectivity index (χ0n) is 16.2. The number of fused-ring (bicyclic) bond motifs is 1. The number of alkyl halides is 2.